The zero-order valence-corrected chi connectivity index (χ0v) is 16.6. The molecule has 0 saturated carbocycles. The number of alkyl halides is 6. The summed E-state index contributed by atoms with van der Waals surface area (Å²) in [5, 5.41) is 6.01. The van der Waals surface area contributed by atoms with Crippen LogP contribution in [0.3, 0.4) is 0 Å². The molecule has 0 aliphatic carbocycles. The molecule has 3 aromatic rings. The number of carbonyl (C=O) groups excluding carboxylic acids is 1. The van der Waals surface area contributed by atoms with Crippen LogP contribution in [0.2, 0.25) is 5.02 Å². The minimum atomic E-state index is -4.89. The number of halogens is 7. The van der Waals surface area contributed by atoms with Gasteiger partial charge in [-0.1, -0.05) is 41.9 Å². The topological polar surface area (TPSA) is 63.9 Å². The van der Waals surface area contributed by atoms with Crippen molar-refractivity contribution >= 4 is 17.5 Å². The van der Waals surface area contributed by atoms with Crippen LogP contribution >= 0.6 is 11.6 Å². The molecule has 13 heteroatoms. The smallest absolute Gasteiger partial charge is 0.322 e. The minimum Gasteiger partial charge on any atom is -0.322 e. The molecule has 1 amide bonds. The van der Waals surface area contributed by atoms with Crippen molar-refractivity contribution in [2.45, 2.75) is 24.9 Å². The lowest BCUT2D eigenvalue weighted by atomic mass is 10.0. The summed E-state index contributed by atoms with van der Waals surface area (Å²) < 4.78 is 80.4. The molecule has 4 rings (SSSR count). The number of rotatable bonds is 2. The third kappa shape index (κ3) is 3.78. The van der Waals surface area contributed by atoms with Gasteiger partial charge in [0.05, 0.1) is 10.6 Å². The maximum absolute atomic E-state index is 13.3. The Hall–Kier alpha value is -3.15. The Balaban J connectivity index is 1.83. The highest BCUT2D eigenvalue weighted by molar-refractivity contribution is 6.34. The van der Waals surface area contributed by atoms with Gasteiger partial charge >= 0.3 is 12.4 Å². The molecule has 0 radical (unpaired) electrons. The highest BCUT2D eigenvalue weighted by atomic mass is 35.5. The van der Waals surface area contributed by atoms with Gasteiger partial charge in [-0.3, -0.25) is 9.78 Å². The average Bonchev–Trinajstić information content (AvgIpc) is 3.17. The highest BCUT2D eigenvalue weighted by Crippen LogP contribution is 2.39. The first-order chi connectivity index (χ1) is 15.0. The fourth-order valence-corrected chi connectivity index (χ4v) is 3.87. The Bertz CT molecular complexity index is 1160. The van der Waals surface area contributed by atoms with Crippen LogP contribution in [-0.2, 0) is 18.9 Å². The molecule has 0 spiro atoms. The summed E-state index contributed by atoms with van der Waals surface area (Å²) in [6.45, 7) is -0.548. The average molecular weight is 476 g/mol. The number of pyridine rings is 1. The second kappa shape index (κ2) is 7.76. The molecule has 32 heavy (non-hydrogen) atoms. The zero-order chi connectivity index (χ0) is 23.3. The summed E-state index contributed by atoms with van der Waals surface area (Å²) in [6.07, 6.45) is -8.86. The lowest BCUT2D eigenvalue weighted by molar-refractivity contribution is -0.148. The van der Waals surface area contributed by atoms with Gasteiger partial charge in [0, 0.05) is 19.3 Å². The van der Waals surface area contributed by atoms with Crippen LogP contribution in [0.15, 0.2) is 42.6 Å². The van der Waals surface area contributed by atoms with Crippen LogP contribution in [-0.4, -0.2) is 37.1 Å². The number of hydrogen-bond donors (Lipinski definition) is 0. The van der Waals surface area contributed by atoms with Gasteiger partial charge in [-0.25, -0.2) is 0 Å². The van der Waals surface area contributed by atoms with E-state index in [1.165, 1.54) is 0 Å². The summed E-state index contributed by atoms with van der Waals surface area (Å²) in [4.78, 5) is 17.6. The van der Waals surface area contributed by atoms with Crippen LogP contribution in [0.25, 0.3) is 0 Å². The molecule has 1 aromatic carbocycles. The molecule has 0 saturated heterocycles. The minimum absolute atomic E-state index is 0.163. The zero-order valence-electron chi connectivity index (χ0n) is 15.8. The molecular weight excluding hydrogens is 464 g/mol. The molecule has 1 atom stereocenters. The third-order valence-electron chi connectivity index (χ3n) is 4.92. The molecule has 1 aliphatic rings. The first-order valence-electron chi connectivity index (χ1n) is 9.08. The van der Waals surface area contributed by atoms with E-state index in [4.69, 9.17) is 11.6 Å². The van der Waals surface area contributed by atoms with Gasteiger partial charge in [0.15, 0.2) is 11.5 Å². The predicted molar refractivity (Wildman–Crippen MR) is 98.6 cm³/mol. The van der Waals surface area contributed by atoms with Crippen molar-refractivity contribution in [3.05, 3.63) is 76.1 Å². The summed E-state index contributed by atoms with van der Waals surface area (Å²) >= 11 is 5.85. The van der Waals surface area contributed by atoms with Gasteiger partial charge in [0.25, 0.3) is 5.91 Å². The van der Waals surface area contributed by atoms with Gasteiger partial charge in [0.1, 0.15) is 6.04 Å². The number of fused-ring (bicyclic) bond motifs is 1. The first-order valence-corrected chi connectivity index (χ1v) is 9.46. The Morgan fingerprint density at radius 2 is 1.66 bits per heavy atom. The maximum atomic E-state index is 13.3. The molecule has 3 heterocycles. The Morgan fingerprint density at radius 3 is 2.28 bits per heavy atom. The maximum Gasteiger partial charge on any atom is 0.451 e. The lowest BCUT2D eigenvalue weighted by Gasteiger charge is -2.36. The molecule has 0 bridgehead atoms. The van der Waals surface area contributed by atoms with Crippen LogP contribution in [0.1, 0.15) is 39.3 Å². The SMILES string of the molecule is O=C(c1ccnc(C(F)(F)F)c1Cl)N1CCn2c(nnc2C(F)(F)F)C1c1ccccc1. The van der Waals surface area contributed by atoms with E-state index in [1.54, 1.807) is 30.3 Å². The van der Waals surface area contributed by atoms with Crippen LogP contribution in [0.5, 0.6) is 0 Å². The standard InChI is InChI=1S/C19H12ClF6N5O/c20-12-11(6-7-27-14(12)18(21,22)23)16(32)30-8-9-31-15(28-29-17(31)19(24,25)26)13(30)10-4-2-1-3-5-10/h1-7,13H,8-9H2. The van der Waals surface area contributed by atoms with E-state index < -0.39 is 46.4 Å². The van der Waals surface area contributed by atoms with Crippen LogP contribution in [0, 0.1) is 0 Å². The lowest BCUT2D eigenvalue weighted by Crippen LogP contribution is -2.43. The number of amides is 1. The second-order valence-electron chi connectivity index (χ2n) is 6.86. The van der Waals surface area contributed by atoms with Gasteiger partial charge in [-0.15, -0.1) is 10.2 Å². The summed E-state index contributed by atoms with van der Waals surface area (Å²) in [5.41, 5.74) is -1.50. The molecule has 168 valence electrons. The Kier molecular flexibility index (Phi) is 5.35. The normalized spacial score (nSPS) is 16.7. The van der Waals surface area contributed by atoms with E-state index >= 15 is 0 Å². The van der Waals surface area contributed by atoms with Crippen molar-refractivity contribution in [3.63, 3.8) is 0 Å². The van der Waals surface area contributed by atoms with E-state index in [-0.39, 0.29) is 18.9 Å². The van der Waals surface area contributed by atoms with E-state index in [0.29, 0.717) is 5.56 Å². The van der Waals surface area contributed by atoms with Gasteiger partial charge in [-0.05, 0) is 11.6 Å². The molecule has 0 fully saturated rings. The van der Waals surface area contributed by atoms with Crippen molar-refractivity contribution in [1.82, 2.24) is 24.6 Å². The fourth-order valence-electron chi connectivity index (χ4n) is 3.57. The first kappa shape index (κ1) is 22.1. The quantitative estimate of drug-likeness (QED) is 0.508. The monoisotopic (exact) mass is 475 g/mol. The number of aromatic nitrogens is 4. The van der Waals surface area contributed by atoms with E-state index in [2.05, 4.69) is 15.2 Å². The fraction of sp³-hybridized carbons (Fsp3) is 0.263. The van der Waals surface area contributed by atoms with Crippen LogP contribution < -0.4 is 0 Å². The third-order valence-corrected chi connectivity index (χ3v) is 5.30. The van der Waals surface area contributed by atoms with Gasteiger partial charge in [0.2, 0.25) is 5.82 Å². The van der Waals surface area contributed by atoms with Gasteiger partial charge < -0.3 is 9.47 Å². The van der Waals surface area contributed by atoms with E-state index in [9.17, 15) is 31.1 Å². The Labute approximate surface area is 181 Å². The van der Waals surface area contributed by atoms with Crippen molar-refractivity contribution in [2.24, 2.45) is 0 Å². The second-order valence-corrected chi connectivity index (χ2v) is 7.24. The molecule has 2 aromatic heterocycles. The molecular formula is C19H12ClF6N5O. The largest absolute Gasteiger partial charge is 0.451 e. The van der Waals surface area contributed by atoms with Crippen molar-refractivity contribution in [1.29, 1.82) is 0 Å². The summed E-state index contributed by atoms with van der Waals surface area (Å²) in [7, 11) is 0. The number of carbonyl (C=O) groups is 1. The van der Waals surface area contributed by atoms with Crippen molar-refractivity contribution < 1.29 is 31.1 Å². The highest BCUT2D eigenvalue weighted by Gasteiger charge is 2.44. The Morgan fingerprint density at radius 1 is 0.969 bits per heavy atom. The summed E-state index contributed by atoms with van der Waals surface area (Å²) in [6, 6.07) is 7.93. The van der Waals surface area contributed by atoms with Crippen LogP contribution in [0.4, 0.5) is 26.3 Å². The van der Waals surface area contributed by atoms with E-state index in [1.807, 2.05) is 0 Å². The number of hydrogen-bond acceptors (Lipinski definition) is 4. The van der Waals surface area contributed by atoms with E-state index in [0.717, 1.165) is 21.7 Å². The molecule has 1 aliphatic heterocycles. The predicted octanol–water partition coefficient (Wildman–Crippen LogP) is 4.61. The molecule has 1 unspecified atom stereocenters. The van der Waals surface area contributed by atoms with Gasteiger partial charge in [-0.2, -0.15) is 26.3 Å². The molecule has 6 nitrogen and oxygen atoms in total. The summed E-state index contributed by atoms with van der Waals surface area (Å²) in [5.74, 6) is -2.29. The van der Waals surface area contributed by atoms with Crippen molar-refractivity contribution in [3.8, 4) is 0 Å². The molecule has 0 N–H and O–H groups in total. The number of nitrogens with zero attached hydrogens (tertiary/aromatic N) is 5. The number of benzene rings is 1. The van der Waals surface area contributed by atoms with Crippen molar-refractivity contribution in [2.75, 3.05) is 6.54 Å².